The summed E-state index contributed by atoms with van der Waals surface area (Å²) in [5.74, 6) is -1.08. The number of carboxylic acids is 1. The summed E-state index contributed by atoms with van der Waals surface area (Å²) in [6.45, 7) is 9.46. The van der Waals surface area contributed by atoms with Gasteiger partial charge in [-0.25, -0.2) is 9.59 Å². The van der Waals surface area contributed by atoms with Crippen LogP contribution in [0.2, 0.25) is 0 Å². The van der Waals surface area contributed by atoms with Crippen LogP contribution >= 0.6 is 0 Å². The average molecular weight is 317 g/mol. The van der Waals surface area contributed by atoms with Crippen LogP contribution in [0.1, 0.15) is 41.0 Å². The first kappa shape index (κ1) is 18.7. The number of ether oxygens (including phenoxy) is 3. The number of carbonyl (C=O) groups excluding carboxylic acids is 1. The van der Waals surface area contributed by atoms with E-state index in [0.29, 0.717) is 13.0 Å². The lowest BCUT2D eigenvalue weighted by Crippen LogP contribution is -2.64. The minimum atomic E-state index is -1.08. The molecule has 1 saturated heterocycles. The second-order valence-corrected chi connectivity index (χ2v) is 7.19. The predicted molar refractivity (Wildman–Crippen MR) is 79.8 cm³/mol. The summed E-state index contributed by atoms with van der Waals surface area (Å²) in [6.07, 6.45) is -1.18. The van der Waals surface area contributed by atoms with E-state index in [-0.39, 0.29) is 6.61 Å². The minimum absolute atomic E-state index is 0.215. The van der Waals surface area contributed by atoms with Crippen LogP contribution in [-0.2, 0) is 19.0 Å². The van der Waals surface area contributed by atoms with Crippen LogP contribution in [0.3, 0.4) is 0 Å². The summed E-state index contributed by atoms with van der Waals surface area (Å²) in [6, 6.07) is 0. The number of alkyl carbamates (subject to hydrolysis) is 1. The van der Waals surface area contributed by atoms with Crippen molar-refractivity contribution in [3.8, 4) is 0 Å². The van der Waals surface area contributed by atoms with Gasteiger partial charge in [0.25, 0.3) is 0 Å². The summed E-state index contributed by atoms with van der Waals surface area (Å²) in [7, 11) is 1.34. The molecule has 1 aliphatic rings. The molecule has 1 heterocycles. The Labute approximate surface area is 131 Å². The highest BCUT2D eigenvalue weighted by atomic mass is 16.6. The molecule has 0 radical (unpaired) electrons. The summed E-state index contributed by atoms with van der Waals surface area (Å²) >= 11 is 0. The second kappa shape index (κ2) is 6.42. The van der Waals surface area contributed by atoms with Crippen molar-refractivity contribution in [2.24, 2.45) is 5.41 Å². The summed E-state index contributed by atoms with van der Waals surface area (Å²) < 4.78 is 15.9. The molecule has 0 aromatic heterocycles. The number of hydrogen-bond acceptors (Lipinski definition) is 5. The van der Waals surface area contributed by atoms with Crippen LogP contribution < -0.4 is 5.32 Å². The molecule has 2 N–H and O–H groups in total. The molecule has 1 rings (SSSR count). The van der Waals surface area contributed by atoms with Gasteiger partial charge in [0.05, 0.1) is 12.1 Å². The maximum absolute atomic E-state index is 12.2. The number of hydrogen-bond donors (Lipinski definition) is 2. The molecule has 2 unspecified atom stereocenters. The number of nitrogens with one attached hydrogen (secondary N) is 1. The molecule has 0 bridgehead atoms. The van der Waals surface area contributed by atoms with Crippen molar-refractivity contribution in [3.63, 3.8) is 0 Å². The Hall–Kier alpha value is -1.34. The topological polar surface area (TPSA) is 94.1 Å². The van der Waals surface area contributed by atoms with Crippen molar-refractivity contribution in [2.45, 2.75) is 58.3 Å². The second-order valence-electron chi connectivity index (χ2n) is 7.19. The van der Waals surface area contributed by atoms with Gasteiger partial charge in [0.15, 0.2) is 6.10 Å². The Morgan fingerprint density at radius 2 is 1.86 bits per heavy atom. The lowest BCUT2D eigenvalue weighted by molar-refractivity contribution is -0.161. The fourth-order valence-corrected chi connectivity index (χ4v) is 2.79. The molecule has 1 fully saturated rings. The number of carboxylic acid groups (broad SMARTS) is 1. The molecule has 0 aliphatic carbocycles. The molecule has 1 amide bonds. The van der Waals surface area contributed by atoms with Crippen molar-refractivity contribution < 1.29 is 28.9 Å². The zero-order valence-corrected chi connectivity index (χ0v) is 14.2. The maximum Gasteiger partial charge on any atom is 0.408 e. The van der Waals surface area contributed by atoms with Gasteiger partial charge >= 0.3 is 12.1 Å². The van der Waals surface area contributed by atoms with Gasteiger partial charge in [-0.05, 0) is 27.2 Å². The van der Waals surface area contributed by atoms with Crippen molar-refractivity contribution in [1.29, 1.82) is 0 Å². The van der Waals surface area contributed by atoms with Gasteiger partial charge < -0.3 is 24.6 Å². The monoisotopic (exact) mass is 317 g/mol. The molecule has 7 heteroatoms. The molecule has 1 aliphatic heterocycles. The number of methoxy groups -OCH3 is 1. The van der Waals surface area contributed by atoms with E-state index in [1.807, 2.05) is 0 Å². The Kier molecular flexibility index (Phi) is 5.46. The van der Waals surface area contributed by atoms with Gasteiger partial charge in [-0.15, -0.1) is 0 Å². The van der Waals surface area contributed by atoms with E-state index in [2.05, 4.69) is 5.32 Å². The molecule has 2 atom stereocenters. The standard InChI is InChI=1S/C15H27NO6/c1-13(2,3)22-12(19)16-15(7-8-21-9-15)14(4,5)10(20-6)11(17)18/h10H,7-9H2,1-6H3,(H,16,19)(H,17,18). The molecule has 22 heavy (non-hydrogen) atoms. The lowest BCUT2D eigenvalue weighted by Gasteiger charge is -2.46. The number of amides is 1. The third-order valence-corrected chi connectivity index (χ3v) is 4.11. The van der Waals surface area contributed by atoms with E-state index < -0.39 is 34.7 Å². The summed E-state index contributed by atoms with van der Waals surface area (Å²) in [4.78, 5) is 23.7. The van der Waals surface area contributed by atoms with Gasteiger partial charge in [-0.3, -0.25) is 0 Å². The zero-order chi connectivity index (χ0) is 17.2. The van der Waals surface area contributed by atoms with E-state index in [1.54, 1.807) is 34.6 Å². The molecule has 128 valence electrons. The average Bonchev–Trinajstić information content (AvgIpc) is 2.76. The van der Waals surface area contributed by atoms with Crippen LogP contribution in [0.15, 0.2) is 0 Å². The zero-order valence-electron chi connectivity index (χ0n) is 14.2. The highest BCUT2D eigenvalue weighted by Gasteiger charge is 2.55. The number of carbonyl (C=O) groups is 2. The van der Waals surface area contributed by atoms with Gasteiger partial charge in [-0.2, -0.15) is 0 Å². The first-order valence-corrected chi connectivity index (χ1v) is 7.30. The first-order valence-electron chi connectivity index (χ1n) is 7.30. The van der Waals surface area contributed by atoms with E-state index in [4.69, 9.17) is 14.2 Å². The van der Waals surface area contributed by atoms with Gasteiger partial charge in [0, 0.05) is 19.1 Å². The van der Waals surface area contributed by atoms with E-state index in [0.717, 1.165) is 0 Å². The van der Waals surface area contributed by atoms with Crippen LogP contribution in [0.25, 0.3) is 0 Å². The molecule has 0 aromatic carbocycles. The molecule has 0 spiro atoms. The van der Waals surface area contributed by atoms with E-state index in [9.17, 15) is 14.7 Å². The van der Waals surface area contributed by atoms with Crippen LogP contribution in [-0.4, -0.2) is 54.7 Å². The summed E-state index contributed by atoms with van der Waals surface area (Å²) in [5, 5.41) is 12.2. The molecule has 0 aromatic rings. The van der Waals surface area contributed by atoms with E-state index in [1.165, 1.54) is 7.11 Å². The van der Waals surface area contributed by atoms with Gasteiger partial charge in [0.1, 0.15) is 5.60 Å². The Morgan fingerprint density at radius 1 is 1.27 bits per heavy atom. The lowest BCUT2D eigenvalue weighted by atomic mass is 9.67. The molecular formula is C15H27NO6. The van der Waals surface area contributed by atoms with Crippen LogP contribution in [0.4, 0.5) is 4.79 Å². The van der Waals surface area contributed by atoms with Crippen molar-refractivity contribution in [3.05, 3.63) is 0 Å². The van der Waals surface area contributed by atoms with E-state index >= 15 is 0 Å². The van der Waals surface area contributed by atoms with Crippen LogP contribution in [0, 0.1) is 5.41 Å². The number of aliphatic carboxylic acids is 1. The minimum Gasteiger partial charge on any atom is -0.479 e. The first-order chi connectivity index (χ1) is 9.95. The van der Waals surface area contributed by atoms with Crippen molar-refractivity contribution in [2.75, 3.05) is 20.3 Å². The van der Waals surface area contributed by atoms with Gasteiger partial charge in [0.2, 0.25) is 0 Å². The third kappa shape index (κ3) is 3.89. The van der Waals surface area contributed by atoms with Crippen molar-refractivity contribution >= 4 is 12.1 Å². The number of rotatable bonds is 5. The molecular weight excluding hydrogens is 290 g/mol. The quantitative estimate of drug-likeness (QED) is 0.803. The largest absolute Gasteiger partial charge is 0.479 e. The van der Waals surface area contributed by atoms with Gasteiger partial charge in [-0.1, -0.05) is 13.8 Å². The molecule has 7 nitrogen and oxygen atoms in total. The predicted octanol–water partition coefficient (Wildman–Crippen LogP) is 1.80. The third-order valence-electron chi connectivity index (χ3n) is 4.11. The fraction of sp³-hybridized carbons (Fsp3) is 0.867. The Balaban J connectivity index is 3.05. The summed E-state index contributed by atoms with van der Waals surface area (Å²) in [5.41, 5.74) is -2.39. The molecule has 0 saturated carbocycles. The maximum atomic E-state index is 12.2. The Bertz CT molecular complexity index is 420. The highest BCUT2D eigenvalue weighted by Crippen LogP contribution is 2.41. The van der Waals surface area contributed by atoms with Crippen LogP contribution in [0.5, 0.6) is 0 Å². The Morgan fingerprint density at radius 3 is 2.23 bits per heavy atom. The smallest absolute Gasteiger partial charge is 0.408 e. The van der Waals surface area contributed by atoms with Crippen molar-refractivity contribution in [1.82, 2.24) is 5.32 Å². The highest BCUT2D eigenvalue weighted by molar-refractivity contribution is 5.74. The SMILES string of the molecule is COC(C(=O)O)C(C)(C)C1(NC(=O)OC(C)(C)C)CCOC1. The fourth-order valence-electron chi connectivity index (χ4n) is 2.79. The normalized spacial score (nSPS) is 23.9.